The summed E-state index contributed by atoms with van der Waals surface area (Å²) in [6, 6.07) is -3.84. The molecule has 170 valence electrons. The van der Waals surface area contributed by atoms with Crippen LogP contribution in [0.1, 0.15) is 52.9 Å². The zero-order valence-electron chi connectivity index (χ0n) is 17.7. The summed E-state index contributed by atoms with van der Waals surface area (Å²) < 4.78 is 0. The molecule has 0 saturated carbocycles. The molecule has 11 heteroatoms. The molecule has 1 saturated heterocycles. The number of aliphatic carboxylic acids is 1. The van der Waals surface area contributed by atoms with E-state index in [1.54, 1.807) is 6.92 Å². The highest BCUT2D eigenvalue weighted by Gasteiger charge is 2.39. The fourth-order valence-electron chi connectivity index (χ4n) is 3.28. The van der Waals surface area contributed by atoms with E-state index < -0.39 is 53.8 Å². The fourth-order valence-corrected chi connectivity index (χ4v) is 3.28. The minimum absolute atomic E-state index is 0.0257. The second-order valence-corrected chi connectivity index (χ2v) is 7.75. The average Bonchev–Trinajstić information content (AvgIpc) is 3.17. The first-order valence-corrected chi connectivity index (χ1v) is 10.2. The average molecular weight is 428 g/mol. The standard InChI is InChI=1S/C19H33N5O6/c1-4-10(2)15(19(29)30)23-17(27)13-6-5-9-24(13)18(28)12(7-8-14(21)25)22-16(26)11(3)20/h10-13,15H,4-9,20H2,1-3H3,(H2,21,25)(H,22,26)(H,23,27)(H,29,30). The van der Waals surface area contributed by atoms with Gasteiger partial charge in [0.2, 0.25) is 23.6 Å². The maximum Gasteiger partial charge on any atom is 0.326 e. The number of carbonyl (C=O) groups excluding carboxylic acids is 4. The Balaban J connectivity index is 2.97. The van der Waals surface area contributed by atoms with Crippen molar-refractivity contribution in [3.63, 3.8) is 0 Å². The molecular weight excluding hydrogens is 394 g/mol. The summed E-state index contributed by atoms with van der Waals surface area (Å²) in [6.45, 7) is 5.28. The number of carboxylic acid groups (broad SMARTS) is 1. The number of hydrogen-bond donors (Lipinski definition) is 5. The lowest BCUT2D eigenvalue weighted by Crippen LogP contribution is -2.57. The van der Waals surface area contributed by atoms with Gasteiger partial charge in [-0.2, -0.15) is 0 Å². The third-order valence-electron chi connectivity index (χ3n) is 5.32. The van der Waals surface area contributed by atoms with Crippen LogP contribution in [0.25, 0.3) is 0 Å². The van der Waals surface area contributed by atoms with E-state index in [2.05, 4.69) is 10.6 Å². The molecule has 0 bridgehead atoms. The molecule has 0 aliphatic carbocycles. The lowest BCUT2D eigenvalue weighted by molar-refractivity contribution is -0.146. The van der Waals surface area contributed by atoms with Crippen LogP contribution in [0.2, 0.25) is 0 Å². The SMILES string of the molecule is CCC(C)C(NC(=O)C1CCCN1C(=O)C(CCC(N)=O)NC(=O)C(C)N)C(=O)O. The Morgan fingerprint density at radius 1 is 1.17 bits per heavy atom. The molecule has 4 amide bonds. The van der Waals surface area contributed by atoms with Crippen molar-refractivity contribution in [2.75, 3.05) is 6.54 Å². The van der Waals surface area contributed by atoms with Crippen LogP contribution in [0.4, 0.5) is 0 Å². The maximum absolute atomic E-state index is 13.1. The highest BCUT2D eigenvalue weighted by Crippen LogP contribution is 2.20. The molecular formula is C19H33N5O6. The number of primary amides is 1. The van der Waals surface area contributed by atoms with Gasteiger partial charge in [-0.1, -0.05) is 20.3 Å². The van der Waals surface area contributed by atoms with Gasteiger partial charge in [-0.25, -0.2) is 4.79 Å². The Kier molecular flexibility index (Phi) is 9.70. The molecule has 7 N–H and O–H groups in total. The Labute approximate surface area is 175 Å². The van der Waals surface area contributed by atoms with Gasteiger partial charge >= 0.3 is 5.97 Å². The van der Waals surface area contributed by atoms with E-state index in [0.29, 0.717) is 19.3 Å². The number of hydrogen-bond acceptors (Lipinski definition) is 6. The summed E-state index contributed by atoms with van der Waals surface area (Å²) in [7, 11) is 0. The third kappa shape index (κ3) is 6.97. The summed E-state index contributed by atoms with van der Waals surface area (Å²) in [6.07, 6.45) is 1.32. The number of rotatable bonds is 11. The van der Waals surface area contributed by atoms with Crippen LogP contribution in [0.5, 0.6) is 0 Å². The zero-order chi connectivity index (χ0) is 23.0. The molecule has 5 unspecified atom stereocenters. The fraction of sp³-hybridized carbons (Fsp3) is 0.737. The van der Waals surface area contributed by atoms with Crippen molar-refractivity contribution in [3.05, 3.63) is 0 Å². The highest BCUT2D eigenvalue weighted by molar-refractivity contribution is 5.94. The van der Waals surface area contributed by atoms with Crippen LogP contribution in [-0.4, -0.2) is 70.3 Å². The van der Waals surface area contributed by atoms with Crippen LogP contribution in [0.15, 0.2) is 0 Å². The molecule has 0 radical (unpaired) electrons. The maximum atomic E-state index is 13.1. The van der Waals surface area contributed by atoms with Gasteiger partial charge in [0, 0.05) is 13.0 Å². The van der Waals surface area contributed by atoms with Crippen molar-refractivity contribution in [2.24, 2.45) is 17.4 Å². The normalized spacial score (nSPS) is 20.0. The van der Waals surface area contributed by atoms with Gasteiger partial charge in [0.1, 0.15) is 18.1 Å². The largest absolute Gasteiger partial charge is 0.480 e. The van der Waals surface area contributed by atoms with E-state index in [1.165, 1.54) is 11.8 Å². The minimum Gasteiger partial charge on any atom is -0.480 e. The summed E-state index contributed by atoms with van der Waals surface area (Å²) in [5, 5.41) is 14.4. The van der Waals surface area contributed by atoms with Crippen molar-refractivity contribution < 1.29 is 29.1 Å². The van der Waals surface area contributed by atoms with Gasteiger partial charge < -0.3 is 32.1 Å². The number of nitrogens with two attached hydrogens (primary N) is 2. The van der Waals surface area contributed by atoms with E-state index in [-0.39, 0.29) is 25.3 Å². The number of carboxylic acids is 1. The number of likely N-dealkylation sites (tertiary alicyclic amines) is 1. The summed E-state index contributed by atoms with van der Waals surface area (Å²) in [5.41, 5.74) is 10.7. The predicted molar refractivity (Wildman–Crippen MR) is 108 cm³/mol. The lowest BCUT2D eigenvalue weighted by Gasteiger charge is -2.30. The molecule has 1 fully saturated rings. The van der Waals surface area contributed by atoms with Crippen LogP contribution in [-0.2, 0) is 24.0 Å². The van der Waals surface area contributed by atoms with Crippen LogP contribution >= 0.6 is 0 Å². The molecule has 0 aromatic carbocycles. The minimum atomic E-state index is -1.14. The Morgan fingerprint density at radius 2 is 1.80 bits per heavy atom. The molecule has 1 heterocycles. The third-order valence-corrected chi connectivity index (χ3v) is 5.32. The van der Waals surface area contributed by atoms with Crippen molar-refractivity contribution in [3.8, 4) is 0 Å². The van der Waals surface area contributed by atoms with Crippen LogP contribution in [0, 0.1) is 5.92 Å². The van der Waals surface area contributed by atoms with Gasteiger partial charge in [0.25, 0.3) is 0 Å². The van der Waals surface area contributed by atoms with Crippen molar-refractivity contribution >= 4 is 29.6 Å². The molecule has 1 aliphatic heterocycles. The van der Waals surface area contributed by atoms with E-state index in [4.69, 9.17) is 11.5 Å². The van der Waals surface area contributed by atoms with Crippen molar-refractivity contribution in [2.45, 2.75) is 77.0 Å². The molecule has 1 rings (SSSR count). The van der Waals surface area contributed by atoms with Crippen molar-refractivity contribution in [1.29, 1.82) is 0 Å². The first kappa shape index (κ1) is 25.3. The quantitative estimate of drug-likeness (QED) is 0.271. The van der Waals surface area contributed by atoms with Gasteiger partial charge in [0.05, 0.1) is 6.04 Å². The highest BCUT2D eigenvalue weighted by atomic mass is 16.4. The Morgan fingerprint density at radius 3 is 2.30 bits per heavy atom. The van der Waals surface area contributed by atoms with Gasteiger partial charge in [-0.15, -0.1) is 0 Å². The molecule has 1 aliphatic rings. The second kappa shape index (κ2) is 11.5. The summed E-state index contributed by atoms with van der Waals surface area (Å²) in [4.78, 5) is 61.8. The topological polar surface area (TPSA) is 185 Å². The number of amides is 4. The van der Waals surface area contributed by atoms with Crippen molar-refractivity contribution in [1.82, 2.24) is 15.5 Å². The predicted octanol–water partition coefficient (Wildman–Crippen LogP) is -1.31. The van der Waals surface area contributed by atoms with E-state index in [9.17, 15) is 29.1 Å². The Hall–Kier alpha value is -2.69. The van der Waals surface area contributed by atoms with E-state index >= 15 is 0 Å². The Bertz CT molecular complexity index is 668. The number of nitrogens with zero attached hydrogens (tertiary/aromatic N) is 1. The zero-order valence-corrected chi connectivity index (χ0v) is 17.7. The van der Waals surface area contributed by atoms with Gasteiger partial charge in [-0.3, -0.25) is 19.2 Å². The molecule has 0 aromatic rings. The van der Waals surface area contributed by atoms with Gasteiger partial charge in [0.15, 0.2) is 0 Å². The summed E-state index contributed by atoms with van der Waals surface area (Å²) >= 11 is 0. The van der Waals surface area contributed by atoms with Gasteiger partial charge in [-0.05, 0) is 32.1 Å². The number of nitrogens with one attached hydrogen (secondary N) is 2. The monoisotopic (exact) mass is 427 g/mol. The first-order valence-electron chi connectivity index (χ1n) is 10.2. The van der Waals surface area contributed by atoms with E-state index in [1.807, 2.05) is 6.92 Å². The molecule has 0 spiro atoms. The molecule has 30 heavy (non-hydrogen) atoms. The smallest absolute Gasteiger partial charge is 0.326 e. The molecule has 11 nitrogen and oxygen atoms in total. The number of carbonyl (C=O) groups is 5. The van der Waals surface area contributed by atoms with Crippen LogP contribution in [0.3, 0.4) is 0 Å². The van der Waals surface area contributed by atoms with E-state index in [0.717, 1.165) is 0 Å². The lowest BCUT2D eigenvalue weighted by atomic mass is 9.98. The summed E-state index contributed by atoms with van der Waals surface area (Å²) in [5.74, 6) is -3.71. The second-order valence-electron chi connectivity index (χ2n) is 7.75. The first-order chi connectivity index (χ1) is 14.0. The molecule has 0 aromatic heterocycles. The molecule has 5 atom stereocenters. The van der Waals surface area contributed by atoms with Crippen LogP contribution < -0.4 is 22.1 Å².